The molecule has 3 saturated heterocycles. The highest BCUT2D eigenvalue weighted by Crippen LogP contribution is 2.60. The number of rotatable bonds is 11. The fourth-order valence-electron chi connectivity index (χ4n) is 9.28. The zero-order valence-electron chi connectivity index (χ0n) is 32.1. The summed E-state index contributed by atoms with van der Waals surface area (Å²) in [5.74, 6) is -0.937. The van der Waals surface area contributed by atoms with Crippen LogP contribution in [0.4, 0.5) is 17.1 Å². The lowest BCUT2D eigenvalue weighted by atomic mass is 9.82. The summed E-state index contributed by atoms with van der Waals surface area (Å²) >= 11 is 0. The number of nitrogens with one attached hydrogen (secondary N) is 2. The molecule has 3 amide bonds. The molecule has 0 aliphatic carbocycles. The molecule has 294 valence electrons. The van der Waals surface area contributed by atoms with Crippen LogP contribution >= 0.6 is 0 Å². The molecule has 15 heteroatoms. The van der Waals surface area contributed by atoms with E-state index in [1.54, 1.807) is 19.4 Å². The van der Waals surface area contributed by atoms with Crippen LogP contribution in [0, 0.1) is 5.92 Å². The summed E-state index contributed by atoms with van der Waals surface area (Å²) in [7, 11) is -2.96. The molecular weight excluding hydrogens is 729 g/mol. The Labute approximate surface area is 327 Å². The van der Waals surface area contributed by atoms with Gasteiger partial charge in [-0.1, -0.05) is 54.6 Å². The third-order valence-electron chi connectivity index (χ3n) is 12.0. The second-order valence-electron chi connectivity index (χ2n) is 15.9. The van der Waals surface area contributed by atoms with Gasteiger partial charge in [0, 0.05) is 67.3 Å². The number of carbonyl (C=O) groups is 3. The van der Waals surface area contributed by atoms with Crippen LogP contribution in [0.3, 0.4) is 0 Å². The number of aliphatic hydroxyl groups excluding tert-OH is 1. The van der Waals surface area contributed by atoms with E-state index in [0.29, 0.717) is 61.8 Å². The Bertz CT molecular complexity index is 2090. The van der Waals surface area contributed by atoms with Crippen molar-refractivity contribution in [3.8, 4) is 0 Å². The third-order valence-corrected chi connectivity index (χ3v) is 14.5. The Kier molecular flexibility index (Phi) is 10.4. The van der Waals surface area contributed by atoms with E-state index >= 15 is 4.79 Å². The van der Waals surface area contributed by atoms with Gasteiger partial charge in [0.15, 0.2) is 13.9 Å². The minimum atomic E-state index is -2.96. The van der Waals surface area contributed by atoms with Gasteiger partial charge in [-0.2, -0.15) is 0 Å². The number of aromatic nitrogens is 3. The van der Waals surface area contributed by atoms with Gasteiger partial charge in [-0.25, -0.2) is 0 Å². The first-order chi connectivity index (χ1) is 27.0. The molecule has 3 fully saturated rings. The summed E-state index contributed by atoms with van der Waals surface area (Å²) < 4.78 is 8.87. The first-order valence-corrected chi connectivity index (χ1v) is 22.6. The van der Waals surface area contributed by atoms with Gasteiger partial charge in [-0.3, -0.25) is 19.1 Å². The normalized spacial score (nSPS) is 24.7. The molecule has 0 bridgehead atoms. The van der Waals surface area contributed by atoms with Gasteiger partial charge < -0.3 is 40.0 Å². The molecule has 0 saturated carbocycles. The van der Waals surface area contributed by atoms with E-state index in [1.165, 1.54) is 0 Å². The SMILES string of the molecule is C[C@@H]1[C@@H]([Si](C)(C)O)[C@H](CCn2cc(C(CO)c3ccccc3)nn2)O[C@@]12C(=O)N(Cc1ccc(N3CCNCC3=O)cc1)c1ccc(N3CCNCC3=O)cc12. The van der Waals surface area contributed by atoms with E-state index in [1.807, 2.05) is 99.0 Å². The van der Waals surface area contributed by atoms with Crippen LogP contribution in [0.15, 0.2) is 79.0 Å². The van der Waals surface area contributed by atoms with Crippen molar-refractivity contribution in [3.05, 3.63) is 101 Å². The summed E-state index contributed by atoms with van der Waals surface area (Å²) in [6, 6.07) is 23.2. The summed E-state index contributed by atoms with van der Waals surface area (Å²) in [4.78, 5) is 58.0. The lowest BCUT2D eigenvalue weighted by Crippen LogP contribution is -2.48. The largest absolute Gasteiger partial charge is 0.432 e. The van der Waals surface area contributed by atoms with Crippen molar-refractivity contribution in [3.63, 3.8) is 0 Å². The van der Waals surface area contributed by atoms with Gasteiger partial charge >= 0.3 is 0 Å². The zero-order chi connectivity index (χ0) is 39.2. The second kappa shape index (κ2) is 15.3. The average molecular weight is 779 g/mol. The molecule has 5 atom stereocenters. The van der Waals surface area contributed by atoms with E-state index in [4.69, 9.17) is 4.74 Å². The average Bonchev–Trinajstić information content (AvgIpc) is 3.85. The Morgan fingerprint density at radius 2 is 1.59 bits per heavy atom. The number of aryl methyl sites for hydroxylation is 1. The van der Waals surface area contributed by atoms with Crippen molar-refractivity contribution in [2.45, 2.75) is 62.7 Å². The number of hydrogen-bond acceptors (Lipinski definition) is 10. The smallest absolute Gasteiger partial charge is 0.264 e. The van der Waals surface area contributed by atoms with E-state index in [-0.39, 0.29) is 48.9 Å². The van der Waals surface area contributed by atoms with E-state index in [9.17, 15) is 19.5 Å². The quantitative estimate of drug-likeness (QED) is 0.167. The number of amides is 3. The number of ether oxygens (including phenoxy) is 1. The van der Waals surface area contributed by atoms with Crippen LogP contribution in [0.5, 0.6) is 0 Å². The van der Waals surface area contributed by atoms with Gasteiger partial charge in [-0.15, -0.1) is 5.10 Å². The van der Waals surface area contributed by atoms with E-state index < -0.39 is 25.9 Å². The van der Waals surface area contributed by atoms with Gasteiger partial charge in [0.1, 0.15) is 0 Å². The number of fused-ring (bicyclic) bond motifs is 2. The molecule has 4 aliphatic heterocycles. The predicted molar refractivity (Wildman–Crippen MR) is 214 cm³/mol. The maximum absolute atomic E-state index is 15.2. The van der Waals surface area contributed by atoms with Crippen molar-refractivity contribution in [1.82, 2.24) is 25.6 Å². The van der Waals surface area contributed by atoms with Gasteiger partial charge in [0.2, 0.25) is 11.8 Å². The number of benzene rings is 3. The Morgan fingerprint density at radius 1 is 0.929 bits per heavy atom. The standard InChI is InChI=1S/C41H50N8O6Si/c1-27-39(56(2,3)54)36(15-18-46-25-34(44-45-46)32(26-50)29-7-5-4-6-8-29)55-41(27)33-21-31(48-20-17-43-23-38(48)52)13-14-35(33)49(40(41)53)24-28-9-11-30(12-10-28)47-19-16-42-22-37(47)51/h4-14,21,25,27,32,36,39,42-43,50,54H,15-20,22-24,26H2,1-3H3/t27-,32?,36+,39-,41+/m1/s1. The number of anilines is 3. The maximum Gasteiger partial charge on any atom is 0.264 e. The monoisotopic (exact) mass is 778 g/mol. The molecule has 1 unspecified atom stereocenters. The molecule has 4 N–H and O–H groups in total. The van der Waals surface area contributed by atoms with Gasteiger partial charge in [-0.05, 0) is 61.0 Å². The fraction of sp³-hybridized carbons (Fsp3) is 0.439. The minimum absolute atomic E-state index is 0.0194. The zero-order valence-corrected chi connectivity index (χ0v) is 33.1. The Hall–Kier alpha value is -4.77. The van der Waals surface area contributed by atoms with Crippen LogP contribution in [0.25, 0.3) is 0 Å². The number of aliphatic hydroxyl groups is 1. The second-order valence-corrected chi connectivity index (χ2v) is 19.9. The highest BCUT2D eigenvalue weighted by Gasteiger charge is 2.66. The Balaban J connectivity index is 1.11. The molecule has 14 nitrogen and oxygen atoms in total. The van der Waals surface area contributed by atoms with Crippen molar-refractivity contribution in [2.24, 2.45) is 5.92 Å². The highest BCUT2D eigenvalue weighted by atomic mass is 28.4. The first-order valence-electron chi connectivity index (χ1n) is 19.5. The maximum atomic E-state index is 15.2. The molecule has 4 aliphatic rings. The number of piperazine rings is 2. The van der Waals surface area contributed by atoms with Crippen LogP contribution in [0.1, 0.15) is 41.6 Å². The first kappa shape index (κ1) is 38.1. The number of nitrogens with zero attached hydrogens (tertiary/aromatic N) is 6. The molecule has 0 radical (unpaired) electrons. The highest BCUT2D eigenvalue weighted by molar-refractivity contribution is 6.71. The summed E-state index contributed by atoms with van der Waals surface area (Å²) in [6.45, 7) is 9.43. The molecule has 1 aromatic heterocycles. The molecule has 5 heterocycles. The lowest BCUT2D eigenvalue weighted by molar-refractivity contribution is -0.146. The summed E-state index contributed by atoms with van der Waals surface area (Å²) in [5.41, 5.74) is 3.71. The predicted octanol–water partition coefficient (Wildman–Crippen LogP) is 2.71. The minimum Gasteiger partial charge on any atom is -0.432 e. The van der Waals surface area contributed by atoms with Gasteiger partial charge in [0.25, 0.3) is 5.91 Å². The molecule has 3 aromatic carbocycles. The molecule has 4 aromatic rings. The van der Waals surface area contributed by atoms with Crippen molar-refractivity contribution < 1.29 is 29.0 Å². The summed E-state index contributed by atoms with van der Waals surface area (Å²) in [6.07, 6.45) is 1.83. The number of carbonyl (C=O) groups excluding carboxylic acids is 3. The van der Waals surface area contributed by atoms with Crippen LogP contribution in [-0.4, -0.2) is 103 Å². The topological polar surface area (TPSA) is 165 Å². The third kappa shape index (κ3) is 6.86. The van der Waals surface area contributed by atoms with Crippen LogP contribution < -0.4 is 25.3 Å². The summed E-state index contributed by atoms with van der Waals surface area (Å²) in [5, 5.41) is 25.3. The molecule has 8 rings (SSSR count). The van der Waals surface area contributed by atoms with E-state index in [0.717, 1.165) is 23.4 Å². The lowest BCUT2D eigenvalue weighted by Gasteiger charge is -2.33. The van der Waals surface area contributed by atoms with Gasteiger partial charge in [0.05, 0.1) is 49.6 Å². The molecule has 56 heavy (non-hydrogen) atoms. The molecular formula is C41H50N8O6Si. The van der Waals surface area contributed by atoms with Crippen molar-refractivity contribution in [2.75, 3.05) is 60.6 Å². The van der Waals surface area contributed by atoms with Crippen LogP contribution in [-0.2, 0) is 37.8 Å². The number of hydrogen-bond donors (Lipinski definition) is 4. The molecule has 1 spiro atoms. The fourth-order valence-corrected chi connectivity index (χ4v) is 11.9. The van der Waals surface area contributed by atoms with Crippen LogP contribution in [0.2, 0.25) is 18.6 Å². The Morgan fingerprint density at radius 3 is 2.23 bits per heavy atom. The van der Waals surface area contributed by atoms with E-state index in [2.05, 4.69) is 20.9 Å². The van der Waals surface area contributed by atoms with Crippen molar-refractivity contribution in [1.29, 1.82) is 0 Å². The van der Waals surface area contributed by atoms with Crippen molar-refractivity contribution >= 4 is 43.1 Å².